The molecular weight excluding hydrogens is 302 g/mol. The first-order chi connectivity index (χ1) is 10.9. The van der Waals surface area contributed by atoms with Crippen LogP contribution in [0.3, 0.4) is 0 Å². The lowest BCUT2D eigenvalue weighted by Gasteiger charge is -2.25. The number of likely N-dealkylation sites (N-methyl/N-ethyl adjacent to an activating group) is 1. The van der Waals surface area contributed by atoms with Gasteiger partial charge in [0.25, 0.3) is 5.91 Å². The standard InChI is InChI=1S/C16H18F2N4O/c1-10-7-20-13(8-19-10)16(23)21-9-14(22(2)3)15-11(17)5-4-6-12(15)18/h4-8,14H,9H2,1-3H3,(H,21,23). The van der Waals surface area contributed by atoms with Crippen LogP contribution < -0.4 is 5.32 Å². The third-order valence-corrected chi connectivity index (χ3v) is 3.43. The normalized spacial score (nSPS) is 12.3. The number of nitrogens with zero attached hydrogens (tertiary/aromatic N) is 3. The van der Waals surface area contributed by atoms with Crippen molar-refractivity contribution in [3.05, 3.63) is 59.2 Å². The molecule has 0 saturated carbocycles. The van der Waals surface area contributed by atoms with Crippen molar-refractivity contribution in [3.8, 4) is 0 Å². The summed E-state index contributed by atoms with van der Waals surface area (Å²) in [5.74, 6) is -1.73. The van der Waals surface area contributed by atoms with Crippen molar-refractivity contribution in [1.82, 2.24) is 20.2 Å². The SMILES string of the molecule is Cc1cnc(C(=O)NCC(c2c(F)cccc2F)N(C)C)cn1. The van der Waals surface area contributed by atoms with Crippen molar-refractivity contribution in [1.29, 1.82) is 0 Å². The van der Waals surface area contributed by atoms with Gasteiger partial charge in [-0.25, -0.2) is 13.8 Å². The topological polar surface area (TPSA) is 58.1 Å². The van der Waals surface area contributed by atoms with Gasteiger partial charge in [-0.2, -0.15) is 0 Å². The molecule has 5 nitrogen and oxygen atoms in total. The van der Waals surface area contributed by atoms with E-state index in [1.165, 1.54) is 30.6 Å². The van der Waals surface area contributed by atoms with E-state index in [2.05, 4.69) is 15.3 Å². The summed E-state index contributed by atoms with van der Waals surface area (Å²) >= 11 is 0. The van der Waals surface area contributed by atoms with Gasteiger partial charge in [-0.1, -0.05) is 6.07 Å². The molecule has 23 heavy (non-hydrogen) atoms. The van der Waals surface area contributed by atoms with E-state index in [-0.39, 0.29) is 17.8 Å². The van der Waals surface area contributed by atoms with E-state index in [0.29, 0.717) is 5.69 Å². The van der Waals surface area contributed by atoms with Crippen LogP contribution in [-0.2, 0) is 0 Å². The van der Waals surface area contributed by atoms with Gasteiger partial charge in [-0.3, -0.25) is 9.78 Å². The molecule has 0 bridgehead atoms. The molecule has 2 aromatic rings. The van der Waals surface area contributed by atoms with Crippen molar-refractivity contribution in [2.75, 3.05) is 20.6 Å². The van der Waals surface area contributed by atoms with Crippen LogP contribution in [0.4, 0.5) is 8.78 Å². The lowest BCUT2D eigenvalue weighted by Crippen LogP contribution is -2.35. The Labute approximate surface area is 133 Å². The fraction of sp³-hybridized carbons (Fsp3) is 0.312. The third kappa shape index (κ3) is 4.07. The lowest BCUT2D eigenvalue weighted by atomic mass is 10.0. The highest BCUT2D eigenvalue weighted by atomic mass is 19.1. The van der Waals surface area contributed by atoms with E-state index in [0.717, 1.165) is 0 Å². The molecule has 122 valence electrons. The first-order valence-corrected chi connectivity index (χ1v) is 7.07. The third-order valence-electron chi connectivity index (χ3n) is 3.43. The molecule has 0 aliphatic rings. The van der Waals surface area contributed by atoms with E-state index < -0.39 is 23.6 Å². The number of aryl methyl sites for hydroxylation is 1. The number of rotatable bonds is 5. The Morgan fingerprint density at radius 1 is 1.22 bits per heavy atom. The highest BCUT2D eigenvalue weighted by Crippen LogP contribution is 2.23. The largest absolute Gasteiger partial charge is 0.349 e. The van der Waals surface area contributed by atoms with Crippen LogP contribution >= 0.6 is 0 Å². The van der Waals surface area contributed by atoms with Gasteiger partial charge in [-0.05, 0) is 33.2 Å². The van der Waals surface area contributed by atoms with Gasteiger partial charge >= 0.3 is 0 Å². The molecule has 1 N–H and O–H groups in total. The van der Waals surface area contributed by atoms with Crippen molar-refractivity contribution in [2.45, 2.75) is 13.0 Å². The average molecular weight is 320 g/mol. The fourth-order valence-electron chi connectivity index (χ4n) is 2.16. The molecule has 0 spiro atoms. The molecule has 1 unspecified atom stereocenters. The van der Waals surface area contributed by atoms with E-state index >= 15 is 0 Å². The Balaban J connectivity index is 2.14. The van der Waals surface area contributed by atoms with E-state index in [4.69, 9.17) is 0 Å². The van der Waals surface area contributed by atoms with Crippen LogP contribution in [0.5, 0.6) is 0 Å². The number of carbonyl (C=O) groups excluding carboxylic acids is 1. The van der Waals surface area contributed by atoms with Gasteiger partial charge in [-0.15, -0.1) is 0 Å². The number of hydrogen-bond donors (Lipinski definition) is 1. The molecule has 0 aliphatic heterocycles. The van der Waals surface area contributed by atoms with Crippen LogP contribution in [0.2, 0.25) is 0 Å². The summed E-state index contributed by atoms with van der Waals surface area (Å²) in [7, 11) is 3.38. The van der Waals surface area contributed by atoms with E-state index in [1.807, 2.05) is 0 Å². The summed E-state index contributed by atoms with van der Waals surface area (Å²) < 4.78 is 27.9. The zero-order chi connectivity index (χ0) is 17.0. The van der Waals surface area contributed by atoms with Crippen LogP contribution in [0, 0.1) is 18.6 Å². The van der Waals surface area contributed by atoms with Gasteiger partial charge in [0.1, 0.15) is 17.3 Å². The fourth-order valence-corrected chi connectivity index (χ4v) is 2.16. The summed E-state index contributed by atoms with van der Waals surface area (Å²) in [4.78, 5) is 21.7. The summed E-state index contributed by atoms with van der Waals surface area (Å²) in [5, 5.41) is 2.64. The van der Waals surface area contributed by atoms with Crippen LogP contribution in [0.15, 0.2) is 30.6 Å². The Hall–Kier alpha value is -2.41. The quantitative estimate of drug-likeness (QED) is 0.916. The predicted molar refractivity (Wildman–Crippen MR) is 81.9 cm³/mol. The van der Waals surface area contributed by atoms with Crippen molar-refractivity contribution >= 4 is 5.91 Å². The van der Waals surface area contributed by atoms with Gasteiger partial charge in [0.2, 0.25) is 0 Å². The molecule has 0 radical (unpaired) electrons. The van der Waals surface area contributed by atoms with Crippen LogP contribution in [-0.4, -0.2) is 41.4 Å². The molecule has 1 amide bonds. The Morgan fingerprint density at radius 2 is 1.87 bits per heavy atom. The lowest BCUT2D eigenvalue weighted by molar-refractivity contribution is 0.0935. The molecule has 1 atom stereocenters. The van der Waals surface area contributed by atoms with Crippen molar-refractivity contribution in [2.24, 2.45) is 0 Å². The van der Waals surface area contributed by atoms with E-state index in [9.17, 15) is 13.6 Å². The zero-order valence-corrected chi connectivity index (χ0v) is 13.2. The molecule has 2 rings (SSSR count). The molecule has 0 fully saturated rings. The minimum absolute atomic E-state index is 0.0409. The van der Waals surface area contributed by atoms with Crippen molar-refractivity contribution < 1.29 is 13.6 Å². The van der Waals surface area contributed by atoms with Crippen molar-refractivity contribution in [3.63, 3.8) is 0 Å². The second-order valence-corrected chi connectivity index (χ2v) is 5.37. The maximum absolute atomic E-state index is 14.0. The molecule has 1 aromatic heterocycles. The molecule has 0 aliphatic carbocycles. The van der Waals surface area contributed by atoms with E-state index in [1.54, 1.807) is 25.9 Å². The second kappa shape index (κ2) is 7.23. The number of hydrogen-bond acceptors (Lipinski definition) is 4. The minimum atomic E-state index is -0.645. The molecule has 7 heteroatoms. The summed E-state index contributed by atoms with van der Waals surface area (Å²) in [6, 6.07) is 3.06. The summed E-state index contributed by atoms with van der Waals surface area (Å²) in [6.45, 7) is 1.80. The van der Waals surface area contributed by atoms with Gasteiger partial charge in [0.15, 0.2) is 0 Å². The Morgan fingerprint density at radius 3 is 2.39 bits per heavy atom. The maximum Gasteiger partial charge on any atom is 0.271 e. The van der Waals surface area contributed by atoms with Crippen LogP contribution in [0.1, 0.15) is 27.8 Å². The highest BCUT2D eigenvalue weighted by Gasteiger charge is 2.23. The number of carbonyl (C=O) groups is 1. The number of aromatic nitrogens is 2. The Kier molecular flexibility index (Phi) is 5.33. The second-order valence-electron chi connectivity index (χ2n) is 5.37. The van der Waals surface area contributed by atoms with Gasteiger partial charge in [0, 0.05) is 18.3 Å². The molecule has 0 saturated heterocycles. The maximum atomic E-state index is 14.0. The smallest absolute Gasteiger partial charge is 0.271 e. The first kappa shape index (κ1) is 17.0. The number of benzene rings is 1. The van der Waals surface area contributed by atoms with Crippen LogP contribution in [0.25, 0.3) is 0 Å². The molecule has 1 heterocycles. The predicted octanol–water partition coefficient (Wildman–Crippen LogP) is 2.10. The monoisotopic (exact) mass is 320 g/mol. The summed E-state index contributed by atoms with van der Waals surface area (Å²) in [5.41, 5.74) is 0.774. The average Bonchev–Trinajstić information content (AvgIpc) is 2.50. The number of halogens is 2. The molecular formula is C16H18F2N4O. The number of nitrogens with one attached hydrogen (secondary N) is 1. The first-order valence-electron chi connectivity index (χ1n) is 7.07. The minimum Gasteiger partial charge on any atom is -0.349 e. The highest BCUT2D eigenvalue weighted by molar-refractivity contribution is 5.91. The van der Waals surface area contributed by atoms with Gasteiger partial charge in [0.05, 0.1) is 17.9 Å². The Bertz CT molecular complexity index is 669. The van der Waals surface area contributed by atoms with Gasteiger partial charge < -0.3 is 10.2 Å². The zero-order valence-electron chi connectivity index (χ0n) is 13.2. The number of amides is 1. The summed E-state index contributed by atoms with van der Waals surface area (Å²) in [6.07, 6.45) is 2.84. The molecule has 1 aromatic carbocycles.